The average molecular weight is 380 g/mol. The molecule has 27 heavy (non-hydrogen) atoms. The molecule has 1 aliphatic rings. The highest BCUT2D eigenvalue weighted by atomic mass is 16.4. The first kappa shape index (κ1) is 20.4. The Hall–Kier alpha value is -2.95. The number of hydrogen-bond acceptors (Lipinski definition) is 6. The zero-order valence-electron chi connectivity index (χ0n) is 15.0. The number of hydrogen-bond donors (Lipinski definition) is 5. The van der Waals surface area contributed by atoms with Crippen LogP contribution in [-0.4, -0.2) is 74.9 Å². The molecule has 1 aliphatic heterocycles. The molecule has 148 valence electrons. The second kappa shape index (κ2) is 9.12. The third-order valence-corrected chi connectivity index (χ3v) is 4.32. The molecule has 1 fully saturated rings. The van der Waals surface area contributed by atoms with Gasteiger partial charge in [0.25, 0.3) is 0 Å². The van der Waals surface area contributed by atoms with Crippen LogP contribution in [0.5, 0.6) is 0 Å². The summed E-state index contributed by atoms with van der Waals surface area (Å²) in [6.07, 6.45) is 4.48. The van der Waals surface area contributed by atoms with Crippen molar-refractivity contribution >= 4 is 23.7 Å². The number of carboxylic acid groups (broad SMARTS) is 1. The molecule has 0 saturated carbocycles. The van der Waals surface area contributed by atoms with Crippen molar-refractivity contribution in [1.29, 1.82) is 0 Å². The molecule has 11 heteroatoms. The van der Waals surface area contributed by atoms with Gasteiger partial charge in [-0.1, -0.05) is 0 Å². The SMILES string of the molecule is CC(NC(=O)C1CCCN1C(=O)C(N)Cc1cnc[nH]1)C(=O)NCC(=O)O. The van der Waals surface area contributed by atoms with Crippen LogP contribution in [0.2, 0.25) is 0 Å². The first-order valence-corrected chi connectivity index (χ1v) is 8.62. The van der Waals surface area contributed by atoms with E-state index in [1.165, 1.54) is 18.2 Å². The van der Waals surface area contributed by atoms with Crippen molar-refractivity contribution in [1.82, 2.24) is 25.5 Å². The fourth-order valence-electron chi connectivity index (χ4n) is 2.93. The summed E-state index contributed by atoms with van der Waals surface area (Å²) in [6, 6.07) is -2.44. The van der Waals surface area contributed by atoms with Crippen LogP contribution in [0.15, 0.2) is 12.5 Å². The Bertz CT molecular complexity index is 691. The number of rotatable bonds is 8. The molecule has 1 saturated heterocycles. The highest BCUT2D eigenvalue weighted by Gasteiger charge is 2.37. The summed E-state index contributed by atoms with van der Waals surface area (Å²) in [5.41, 5.74) is 6.70. The molecular weight excluding hydrogens is 356 g/mol. The lowest BCUT2D eigenvalue weighted by molar-refractivity contribution is -0.141. The molecule has 0 aromatic carbocycles. The maximum absolute atomic E-state index is 12.6. The number of aromatic nitrogens is 2. The summed E-state index contributed by atoms with van der Waals surface area (Å²) in [5.74, 6) is -2.60. The number of imidazole rings is 1. The Balaban J connectivity index is 1.91. The molecule has 3 unspecified atom stereocenters. The number of H-pyrrole nitrogens is 1. The maximum atomic E-state index is 12.6. The Morgan fingerprint density at radius 1 is 1.44 bits per heavy atom. The van der Waals surface area contributed by atoms with Crippen molar-refractivity contribution in [3.8, 4) is 0 Å². The van der Waals surface area contributed by atoms with E-state index in [1.807, 2.05) is 0 Å². The van der Waals surface area contributed by atoms with Crippen molar-refractivity contribution in [3.63, 3.8) is 0 Å². The fourth-order valence-corrected chi connectivity index (χ4v) is 2.93. The van der Waals surface area contributed by atoms with E-state index < -0.39 is 42.5 Å². The van der Waals surface area contributed by atoms with Crippen molar-refractivity contribution in [3.05, 3.63) is 18.2 Å². The number of aromatic amines is 1. The number of carboxylic acids is 1. The minimum Gasteiger partial charge on any atom is -0.480 e. The predicted octanol–water partition coefficient (Wildman–Crippen LogP) is -2.02. The van der Waals surface area contributed by atoms with Gasteiger partial charge in [-0.3, -0.25) is 19.2 Å². The first-order valence-electron chi connectivity index (χ1n) is 8.62. The highest BCUT2D eigenvalue weighted by Crippen LogP contribution is 2.19. The van der Waals surface area contributed by atoms with Gasteiger partial charge in [0.15, 0.2) is 0 Å². The van der Waals surface area contributed by atoms with Gasteiger partial charge in [0, 0.05) is 24.9 Å². The third kappa shape index (κ3) is 5.51. The molecule has 3 atom stereocenters. The summed E-state index contributed by atoms with van der Waals surface area (Å²) in [7, 11) is 0. The Kier molecular flexibility index (Phi) is 6.88. The molecule has 2 rings (SSSR count). The van der Waals surface area contributed by atoms with Crippen molar-refractivity contribution in [2.24, 2.45) is 5.73 Å². The molecule has 1 aromatic heterocycles. The van der Waals surface area contributed by atoms with Crippen LogP contribution in [0.25, 0.3) is 0 Å². The van der Waals surface area contributed by atoms with Crippen LogP contribution in [0, 0.1) is 0 Å². The number of carbonyl (C=O) groups excluding carboxylic acids is 3. The van der Waals surface area contributed by atoms with Gasteiger partial charge in [-0.15, -0.1) is 0 Å². The molecule has 0 bridgehead atoms. The van der Waals surface area contributed by atoms with Crippen LogP contribution < -0.4 is 16.4 Å². The molecule has 0 spiro atoms. The van der Waals surface area contributed by atoms with Gasteiger partial charge in [-0.2, -0.15) is 0 Å². The molecule has 11 nitrogen and oxygen atoms in total. The second-order valence-corrected chi connectivity index (χ2v) is 6.42. The number of nitrogens with one attached hydrogen (secondary N) is 3. The topological polar surface area (TPSA) is 171 Å². The van der Waals surface area contributed by atoms with Crippen molar-refractivity contribution in [2.45, 2.75) is 44.3 Å². The summed E-state index contributed by atoms with van der Waals surface area (Å²) in [5, 5.41) is 13.3. The lowest BCUT2D eigenvalue weighted by Gasteiger charge is -2.27. The van der Waals surface area contributed by atoms with Gasteiger partial charge in [-0.05, 0) is 19.8 Å². The molecule has 0 radical (unpaired) electrons. The fraction of sp³-hybridized carbons (Fsp3) is 0.562. The summed E-state index contributed by atoms with van der Waals surface area (Å²) in [6.45, 7) is 1.32. The molecule has 6 N–H and O–H groups in total. The van der Waals surface area contributed by atoms with E-state index in [0.717, 1.165) is 5.69 Å². The van der Waals surface area contributed by atoms with Crippen LogP contribution in [0.4, 0.5) is 0 Å². The lowest BCUT2D eigenvalue weighted by Crippen LogP contribution is -2.55. The largest absolute Gasteiger partial charge is 0.480 e. The summed E-state index contributed by atoms with van der Waals surface area (Å²) < 4.78 is 0. The minimum atomic E-state index is -1.18. The van der Waals surface area contributed by atoms with E-state index >= 15 is 0 Å². The molecule has 3 amide bonds. The molecular formula is C16H24N6O5. The Labute approximate surface area is 155 Å². The summed E-state index contributed by atoms with van der Waals surface area (Å²) >= 11 is 0. The average Bonchev–Trinajstić information content (AvgIpc) is 3.30. The lowest BCUT2D eigenvalue weighted by atomic mass is 10.1. The highest BCUT2D eigenvalue weighted by molar-refractivity contribution is 5.93. The Morgan fingerprint density at radius 3 is 2.81 bits per heavy atom. The van der Waals surface area contributed by atoms with Gasteiger partial charge in [-0.25, -0.2) is 4.98 Å². The van der Waals surface area contributed by atoms with Crippen LogP contribution in [0.3, 0.4) is 0 Å². The zero-order chi connectivity index (χ0) is 20.0. The molecule has 1 aromatic rings. The smallest absolute Gasteiger partial charge is 0.322 e. The standard InChI is InChI=1S/C16H24N6O5/c1-9(14(25)19-7-13(23)24)21-15(26)12-3-2-4-22(12)16(27)11(17)5-10-6-18-8-20-10/h6,8-9,11-12H,2-5,7,17H2,1H3,(H,18,20)(H,19,25)(H,21,26)(H,23,24). The first-order chi connectivity index (χ1) is 12.8. The number of amides is 3. The second-order valence-electron chi connectivity index (χ2n) is 6.42. The Morgan fingerprint density at radius 2 is 2.19 bits per heavy atom. The number of carbonyl (C=O) groups is 4. The van der Waals surface area contributed by atoms with Crippen molar-refractivity contribution < 1.29 is 24.3 Å². The van der Waals surface area contributed by atoms with Gasteiger partial charge < -0.3 is 31.4 Å². The van der Waals surface area contributed by atoms with Gasteiger partial charge in [0.1, 0.15) is 18.6 Å². The van der Waals surface area contributed by atoms with E-state index in [-0.39, 0.29) is 12.3 Å². The maximum Gasteiger partial charge on any atom is 0.322 e. The van der Waals surface area contributed by atoms with E-state index in [1.54, 1.807) is 6.20 Å². The number of nitrogens with two attached hydrogens (primary N) is 1. The van der Waals surface area contributed by atoms with E-state index in [0.29, 0.717) is 19.4 Å². The van der Waals surface area contributed by atoms with E-state index in [9.17, 15) is 19.2 Å². The molecule has 0 aliphatic carbocycles. The predicted molar refractivity (Wildman–Crippen MR) is 93.3 cm³/mol. The molecule has 2 heterocycles. The third-order valence-electron chi connectivity index (χ3n) is 4.32. The van der Waals surface area contributed by atoms with Crippen LogP contribution >= 0.6 is 0 Å². The zero-order valence-corrected chi connectivity index (χ0v) is 15.0. The quantitative estimate of drug-likeness (QED) is 0.346. The van der Waals surface area contributed by atoms with Crippen LogP contribution in [0.1, 0.15) is 25.5 Å². The van der Waals surface area contributed by atoms with Gasteiger partial charge in [0.2, 0.25) is 17.7 Å². The van der Waals surface area contributed by atoms with E-state index in [4.69, 9.17) is 10.8 Å². The normalized spacial score (nSPS) is 18.6. The minimum absolute atomic E-state index is 0.275. The number of nitrogens with zero attached hydrogens (tertiary/aromatic N) is 2. The van der Waals surface area contributed by atoms with Gasteiger partial charge in [0.05, 0.1) is 12.4 Å². The van der Waals surface area contributed by atoms with Crippen molar-refractivity contribution in [2.75, 3.05) is 13.1 Å². The monoisotopic (exact) mass is 380 g/mol. The number of likely N-dealkylation sites (tertiary alicyclic amines) is 1. The number of aliphatic carboxylic acids is 1. The van der Waals surface area contributed by atoms with Crippen LogP contribution in [-0.2, 0) is 25.6 Å². The van der Waals surface area contributed by atoms with E-state index in [2.05, 4.69) is 20.6 Å². The summed E-state index contributed by atoms with van der Waals surface area (Å²) in [4.78, 5) is 55.6. The van der Waals surface area contributed by atoms with Gasteiger partial charge >= 0.3 is 5.97 Å².